The van der Waals surface area contributed by atoms with E-state index in [0.717, 1.165) is 39.1 Å². The molecule has 7 heteroatoms. The first-order valence-corrected chi connectivity index (χ1v) is 8.94. The molecule has 0 radical (unpaired) electrons. The van der Waals surface area contributed by atoms with Crippen LogP contribution in [0.15, 0.2) is 30.3 Å². The minimum Gasteiger partial charge on any atom is -0.375 e. The van der Waals surface area contributed by atoms with Gasteiger partial charge in [-0.05, 0) is 23.9 Å². The Bertz CT molecular complexity index is 561. The van der Waals surface area contributed by atoms with Gasteiger partial charge in [-0.1, -0.05) is 37.3 Å². The summed E-state index contributed by atoms with van der Waals surface area (Å²) in [4.78, 5) is 16.9. The van der Waals surface area contributed by atoms with Gasteiger partial charge in [0.05, 0.1) is 19.1 Å². The lowest BCUT2D eigenvalue weighted by Gasteiger charge is -2.33. The number of hydrogen-bond acceptors (Lipinski definition) is 4. The van der Waals surface area contributed by atoms with Gasteiger partial charge in [-0.3, -0.25) is 9.69 Å². The van der Waals surface area contributed by atoms with Crippen LogP contribution in [-0.4, -0.2) is 61.1 Å². The molecule has 2 saturated heterocycles. The largest absolute Gasteiger partial charge is 0.375 e. The zero-order valence-corrected chi connectivity index (χ0v) is 17.1. The molecule has 2 atom stereocenters. The van der Waals surface area contributed by atoms with E-state index in [2.05, 4.69) is 36.1 Å². The molecular weight excluding hydrogens is 373 g/mol. The smallest absolute Gasteiger partial charge is 0.225 e. The Morgan fingerprint density at radius 3 is 2.65 bits per heavy atom. The monoisotopic (exact) mass is 403 g/mol. The van der Waals surface area contributed by atoms with Crippen molar-refractivity contribution in [3.05, 3.63) is 35.9 Å². The van der Waals surface area contributed by atoms with E-state index in [-0.39, 0.29) is 42.2 Å². The first-order chi connectivity index (χ1) is 11.6. The summed E-state index contributed by atoms with van der Waals surface area (Å²) >= 11 is 0. The molecule has 2 unspecified atom stereocenters. The first kappa shape index (κ1) is 23.2. The maximum atomic E-state index is 12.6. The van der Waals surface area contributed by atoms with E-state index in [1.54, 1.807) is 0 Å². The van der Waals surface area contributed by atoms with Crippen LogP contribution in [0.3, 0.4) is 0 Å². The van der Waals surface area contributed by atoms with Crippen molar-refractivity contribution in [3.63, 3.8) is 0 Å². The summed E-state index contributed by atoms with van der Waals surface area (Å²) in [5.41, 5.74) is 7.23. The van der Waals surface area contributed by atoms with Gasteiger partial charge in [0.1, 0.15) is 0 Å². The second-order valence-corrected chi connectivity index (χ2v) is 7.50. The number of nitrogens with zero attached hydrogens (tertiary/aromatic N) is 2. The molecule has 0 bridgehead atoms. The minimum absolute atomic E-state index is 0. The van der Waals surface area contributed by atoms with Crippen molar-refractivity contribution in [1.29, 1.82) is 0 Å². The van der Waals surface area contributed by atoms with Crippen molar-refractivity contribution in [2.45, 2.75) is 32.4 Å². The molecule has 2 N–H and O–H groups in total. The lowest BCUT2D eigenvalue weighted by Crippen LogP contribution is -2.44. The average molecular weight is 404 g/mol. The van der Waals surface area contributed by atoms with Crippen LogP contribution in [0.4, 0.5) is 0 Å². The Labute approximate surface area is 169 Å². The molecule has 2 aliphatic rings. The highest BCUT2D eigenvalue weighted by Crippen LogP contribution is 2.29. The molecule has 148 valence electrons. The number of morpholine rings is 1. The van der Waals surface area contributed by atoms with Crippen LogP contribution < -0.4 is 5.73 Å². The summed E-state index contributed by atoms with van der Waals surface area (Å²) in [5.74, 6) is 0.207. The van der Waals surface area contributed by atoms with Crippen molar-refractivity contribution >= 4 is 30.7 Å². The van der Waals surface area contributed by atoms with E-state index in [4.69, 9.17) is 10.5 Å². The van der Waals surface area contributed by atoms with Gasteiger partial charge in [-0.15, -0.1) is 24.8 Å². The van der Waals surface area contributed by atoms with Crippen LogP contribution in [0, 0.1) is 5.41 Å². The lowest BCUT2D eigenvalue weighted by atomic mass is 9.90. The predicted octanol–water partition coefficient (Wildman–Crippen LogP) is 2.32. The normalized spacial score (nSPS) is 26.1. The molecule has 2 aliphatic heterocycles. The number of rotatable bonds is 5. The number of ether oxygens (including phenoxy) is 1. The zero-order chi connectivity index (χ0) is 17.0. The predicted molar refractivity (Wildman–Crippen MR) is 109 cm³/mol. The van der Waals surface area contributed by atoms with Gasteiger partial charge < -0.3 is 15.4 Å². The van der Waals surface area contributed by atoms with Gasteiger partial charge in [0.15, 0.2) is 0 Å². The van der Waals surface area contributed by atoms with Gasteiger partial charge in [-0.25, -0.2) is 0 Å². The fraction of sp³-hybridized carbons (Fsp3) is 0.632. The highest BCUT2D eigenvalue weighted by Gasteiger charge is 2.35. The SMILES string of the molecule is CC1(CN)CCN(C(=O)CC2CN(Cc3ccccc3)CCO2)C1.Cl.Cl. The molecule has 5 nitrogen and oxygen atoms in total. The molecule has 1 amide bonds. The van der Waals surface area contributed by atoms with Crippen LogP contribution in [0.5, 0.6) is 0 Å². The van der Waals surface area contributed by atoms with Crippen molar-refractivity contribution in [2.75, 3.05) is 39.3 Å². The molecule has 0 aromatic heterocycles. The zero-order valence-electron chi connectivity index (χ0n) is 15.4. The van der Waals surface area contributed by atoms with Crippen LogP contribution >= 0.6 is 24.8 Å². The summed E-state index contributed by atoms with van der Waals surface area (Å²) < 4.78 is 5.84. The van der Waals surface area contributed by atoms with Crippen LogP contribution in [0.1, 0.15) is 25.3 Å². The molecule has 0 saturated carbocycles. The van der Waals surface area contributed by atoms with Gasteiger partial charge in [0.2, 0.25) is 5.91 Å². The summed E-state index contributed by atoms with van der Waals surface area (Å²) in [6, 6.07) is 10.5. The number of carbonyl (C=O) groups excluding carboxylic acids is 1. The summed E-state index contributed by atoms with van der Waals surface area (Å²) in [7, 11) is 0. The van der Waals surface area contributed by atoms with Gasteiger partial charge in [0, 0.05) is 32.7 Å². The molecule has 26 heavy (non-hydrogen) atoms. The summed E-state index contributed by atoms with van der Waals surface area (Å²) in [6.07, 6.45) is 1.48. The highest BCUT2D eigenvalue weighted by atomic mass is 35.5. The summed E-state index contributed by atoms with van der Waals surface area (Å²) in [6.45, 7) is 7.78. The van der Waals surface area contributed by atoms with E-state index in [9.17, 15) is 4.79 Å². The van der Waals surface area contributed by atoms with E-state index >= 15 is 0 Å². The van der Waals surface area contributed by atoms with E-state index in [1.807, 2.05) is 11.0 Å². The molecule has 0 spiro atoms. The molecule has 1 aromatic carbocycles. The maximum Gasteiger partial charge on any atom is 0.225 e. The molecular formula is C19H31Cl2N3O2. The Morgan fingerprint density at radius 2 is 2.00 bits per heavy atom. The molecule has 0 aliphatic carbocycles. The standard InChI is InChI=1S/C19H29N3O2.2ClH/c1-19(14-20)7-8-22(15-19)18(23)11-17-13-21(9-10-24-17)12-16-5-3-2-4-6-16;;/h2-6,17H,7-15,20H2,1H3;2*1H. The maximum absolute atomic E-state index is 12.6. The van der Waals surface area contributed by atoms with Gasteiger partial charge in [0.25, 0.3) is 0 Å². The number of nitrogens with two attached hydrogens (primary N) is 1. The summed E-state index contributed by atoms with van der Waals surface area (Å²) in [5, 5.41) is 0. The van der Waals surface area contributed by atoms with Crippen LogP contribution in [-0.2, 0) is 16.1 Å². The Kier molecular flexibility index (Phi) is 9.34. The van der Waals surface area contributed by atoms with Crippen LogP contribution in [0.2, 0.25) is 0 Å². The van der Waals surface area contributed by atoms with Crippen LogP contribution in [0.25, 0.3) is 0 Å². The topological polar surface area (TPSA) is 58.8 Å². The fourth-order valence-corrected chi connectivity index (χ4v) is 3.62. The third-order valence-electron chi connectivity index (χ3n) is 5.28. The van der Waals surface area contributed by atoms with Gasteiger partial charge in [-0.2, -0.15) is 0 Å². The van der Waals surface area contributed by atoms with Crippen molar-refractivity contribution < 1.29 is 9.53 Å². The Hall–Kier alpha value is -0.850. The Morgan fingerprint density at radius 1 is 1.27 bits per heavy atom. The van der Waals surface area contributed by atoms with Crippen molar-refractivity contribution in [3.8, 4) is 0 Å². The highest BCUT2D eigenvalue weighted by molar-refractivity contribution is 5.85. The number of halogens is 2. The Balaban J connectivity index is 0.00000169. The van der Waals surface area contributed by atoms with E-state index < -0.39 is 0 Å². The molecule has 3 rings (SSSR count). The molecule has 2 fully saturated rings. The van der Waals surface area contributed by atoms with Crippen molar-refractivity contribution in [1.82, 2.24) is 9.80 Å². The first-order valence-electron chi connectivity index (χ1n) is 8.94. The average Bonchev–Trinajstić information content (AvgIpc) is 2.99. The minimum atomic E-state index is -0.000283. The van der Waals surface area contributed by atoms with E-state index in [1.165, 1.54) is 5.56 Å². The van der Waals surface area contributed by atoms with E-state index in [0.29, 0.717) is 19.6 Å². The molecule has 1 aromatic rings. The third-order valence-corrected chi connectivity index (χ3v) is 5.28. The second kappa shape index (κ2) is 10.5. The molecule has 2 heterocycles. The van der Waals surface area contributed by atoms with Gasteiger partial charge >= 0.3 is 0 Å². The number of amides is 1. The number of carbonyl (C=O) groups is 1. The second-order valence-electron chi connectivity index (χ2n) is 7.50. The quantitative estimate of drug-likeness (QED) is 0.819. The lowest BCUT2D eigenvalue weighted by molar-refractivity contribution is -0.135. The number of likely N-dealkylation sites (tertiary alicyclic amines) is 1. The third kappa shape index (κ3) is 6.10. The number of benzene rings is 1. The fourth-order valence-electron chi connectivity index (χ4n) is 3.62. The number of hydrogen-bond donors (Lipinski definition) is 1. The van der Waals surface area contributed by atoms with Crippen molar-refractivity contribution in [2.24, 2.45) is 11.1 Å².